The Morgan fingerprint density at radius 2 is 2.04 bits per heavy atom. The van der Waals surface area contributed by atoms with Crippen molar-refractivity contribution in [3.8, 4) is 10.6 Å². The Hall–Kier alpha value is -2.11. The van der Waals surface area contributed by atoms with Gasteiger partial charge in [0, 0.05) is 24.4 Å². The van der Waals surface area contributed by atoms with Crippen molar-refractivity contribution in [1.29, 1.82) is 0 Å². The number of aromatic nitrogens is 2. The van der Waals surface area contributed by atoms with Gasteiger partial charge in [0.15, 0.2) is 10.9 Å². The predicted molar refractivity (Wildman–Crippen MR) is 89.4 cm³/mol. The molecule has 0 fully saturated rings. The maximum atomic E-state index is 13.6. The molecular weight excluding hydrogens is 335 g/mol. The maximum absolute atomic E-state index is 13.6. The Morgan fingerprint density at radius 3 is 2.78 bits per heavy atom. The second kappa shape index (κ2) is 6.98. The van der Waals surface area contributed by atoms with E-state index in [-0.39, 0.29) is 23.2 Å². The lowest BCUT2D eigenvalue weighted by Crippen LogP contribution is -2.01. The second-order valence-corrected chi connectivity index (χ2v) is 6.25. The van der Waals surface area contributed by atoms with E-state index < -0.39 is 0 Å². The van der Waals surface area contributed by atoms with Crippen molar-refractivity contribution in [1.82, 2.24) is 9.97 Å². The molecule has 0 N–H and O–H groups in total. The van der Waals surface area contributed by atoms with E-state index in [1.807, 2.05) is 6.07 Å². The zero-order valence-electron chi connectivity index (χ0n) is 12.0. The summed E-state index contributed by atoms with van der Waals surface area (Å²) in [6.07, 6.45) is 3.86. The van der Waals surface area contributed by atoms with E-state index in [0.29, 0.717) is 21.9 Å². The molecule has 116 valence electrons. The fourth-order valence-corrected chi connectivity index (χ4v) is 3.42. The van der Waals surface area contributed by atoms with Crippen molar-refractivity contribution in [3.05, 3.63) is 70.2 Å². The van der Waals surface area contributed by atoms with E-state index in [2.05, 4.69) is 9.97 Å². The molecule has 0 unspecified atom stereocenters. The molecule has 0 amide bonds. The summed E-state index contributed by atoms with van der Waals surface area (Å²) in [5.41, 5.74) is 1.33. The van der Waals surface area contributed by atoms with Gasteiger partial charge in [0.2, 0.25) is 0 Å². The highest BCUT2D eigenvalue weighted by atomic mass is 35.5. The molecular formula is C17H12ClFN2OS. The Morgan fingerprint density at radius 1 is 1.22 bits per heavy atom. The lowest BCUT2D eigenvalue weighted by Gasteiger charge is -2.01. The summed E-state index contributed by atoms with van der Waals surface area (Å²) in [7, 11) is 0. The molecule has 3 nitrogen and oxygen atoms in total. The quantitative estimate of drug-likeness (QED) is 0.622. The molecule has 2 aromatic heterocycles. The van der Waals surface area contributed by atoms with Crippen LogP contribution in [0.1, 0.15) is 21.7 Å². The number of Topliss-reactive ketones (excluding diaryl/α,β-unsaturated/α-hetero) is 1. The standard InChI is InChI=1S/C17H12ClFN2OS/c18-16-15(23-17(21-16)12-5-3-9-20-10-12)14(22)8-7-11-4-1-2-6-13(11)19/h1-6,9-10H,7-8H2. The molecule has 0 aliphatic heterocycles. The van der Waals surface area contributed by atoms with Crippen LogP contribution in [0.4, 0.5) is 4.39 Å². The minimum atomic E-state index is -0.299. The topological polar surface area (TPSA) is 42.9 Å². The molecule has 0 aliphatic carbocycles. The number of hydrogen-bond acceptors (Lipinski definition) is 4. The molecule has 0 aliphatic rings. The van der Waals surface area contributed by atoms with Crippen LogP contribution in [0.25, 0.3) is 10.6 Å². The lowest BCUT2D eigenvalue weighted by atomic mass is 10.1. The summed E-state index contributed by atoms with van der Waals surface area (Å²) in [5, 5.41) is 0.838. The van der Waals surface area contributed by atoms with Crippen LogP contribution in [0.5, 0.6) is 0 Å². The van der Waals surface area contributed by atoms with Crippen molar-refractivity contribution in [2.45, 2.75) is 12.8 Å². The fourth-order valence-electron chi connectivity index (χ4n) is 2.15. The van der Waals surface area contributed by atoms with E-state index in [1.165, 1.54) is 17.4 Å². The van der Waals surface area contributed by atoms with Gasteiger partial charge in [0.1, 0.15) is 15.7 Å². The largest absolute Gasteiger partial charge is 0.293 e. The fraction of sp³-hybridized carbons (Fsp3) is 0.118. The smallest absolute Gasteiger partial charge is 0.176 e. The number of benzene rings is 1. The van der Waals surface area contributed by atoms with Gasteiger partial charge < -0.3 is 0 Å². The third kappa shape index (κ3) is 3.63. The minimum absolute atomic E-state index is 0.133. The summed E-state index contributed by atoms with van der Waals surface area (Å²) in [5.74, 6) is -0.433. The number of aryl methyl sites for hydroxylation is 1. The van der Waals surface area contributed by atoms with Crippen LogP contribution in [-0.2, 0) is 6.42 Å². The van der Waals surface area contributed by atoms with Crippen molar-refractivity contribution >= 4 is 28.7 Å². The van der Waals surface area contributed by atoms with E-state index in [4.69, 9.17) is 11.6 Å². The second-order valence-electron chi connectivity index (χ2n) is 4.90. The molecule has 2 heterocycles. The summed E-state index contributed by atoms with van der Waals surface area (Å²) >= 11 is 7.32. The van der Waals surface area contributed by atoms with Gasteiger partial charge in [0.25, 0.3) is 0 Å². The van der Waals surface area contributed by atoms with Gasteiger partial charge in [0.05, 0.1) is 0 Å². The van der Waals surface area contributed by atoms with Crippen molar-refractivity contribution in [3.63, 3.8) is 0 Å². The predicted octanol–water partition coefficient (Wildman–Crippen LogP) is 4.81. The van der Waals surface area contributed by atoms with Crippen LogP contribution >= 0.6 is 22.9 Å². The van der Waals surface area contributed by atoms with Gasteiger partial charge >= 0.3 is 0 Å². The zero-order chi connectivity index (χ0) is 16.2. The average molecular weight is 347 g/mol. The van der Waals surface area contributed by atoms with Gasteiger partial charge in [-0.2, -0.15) is 0 Å². The first kappa shape index (κ1) is 15.8. The van der Waals surface area contributed by atoms with Crippen LogP contribution < -0.4 is 0 Å². The first-order valence-electron chi connectivity index (χ1n) is 6.98. The van der Waals surface area contributed by atoms with Crippen LogP contribution in [0, 0.1) is 5.82 Å². The maximum Gasteiger partial charge on any atom is 0.176 e. The van der Waals surface area contributed by atoms with E-state index in [0.717, 1.165) is 5.56 Å². The number of carbonyl (C=O) groups is 1. The van der Waals surface area contributed by atoms with Crippen molar-refractivity contribution in [2.75, 3.05) is 0 Å². The van der Waals surface area contributed by atoms with Gasteiger partial charge in [-0.1, -0.05) is 29.8 Å². The van der Waals surface area contributed by atoms with E-state index >= 15 is 0 Å². The molecule has 0 saturated carbocycles. The SMILES string of the molecule is O=C(CCc1ccccc1F)c1sc(-c2cccnc2)nc1Cl. The van der Waals surface area contributed by atoms with Gasteiger partial charge in [-0.3, -0.25) is 9.78 Å². The molecule has 3 aromatic rings. The normalized spacial score (nSPS) is 10.7. The van der Waals surface area contributed by atoms with Gasteiger partial charge in [-0.15, -0.1) is 11.3 Å². The van der Waals surface area contributed by atoms with Gasteiger partial charge in [-0.05, 0) is 30.2 Å². The highest BCUT2D eigenvalue weighted by molar-refractivity contribution is 7.17. The number of halogens is 2. The monoisotopic (exact) mass is 346 g/mol. The number of pyridine rings is 1. The van der Waals surface area contributed by atoms with Crippen molar-refractivity contribution in [2.24, 2.45) is 0 Å². The number of nitrogens with zero attached hydrogens (tertiary/aromatic N) is 2. The Labute approximate surface area is 141 Å². The summed E-state index contributed by atoms with van der Waals surface area (Å²) in [6, 6.07) is 10.1. The Kier molecular flexibility index (Phi) is 4.79. The van der Waals surface area contributed by atoms with Crippen LogP contribution in [-0.4, -0.2) is 15.8 Å². The molecule has 3 rings (SSSR count). The summed E-state index contributed by atoms with van der Waals surface area (Å²) in [6.45, 7) is 0. The number of rotatable bonds is 5. The van der Waals surface area contributed by atoms with Gasteiger partial charge in [-0.25, -0.2) is 9.37 Å². The number of ketones is 1. The molecule has 0 saturated heterocycles. The number of carbonyl (C=O) groups excluding carboxylic acids is 1. The first-order chi connectivity index (χ1) is 11.1. The molecule has 0 atom stereocenters. The molecule has 23 heavy (non-hydrogen) atoms. The Balaban J connectivity index is 1.75. The molecule has 1 aromatic carbocycles. The van der Waals surface area contributed by atoms with Crippen LogP contribution in [0.3, 0.4) is 0 Å². The first-order valence-corrected chi connectivity index (χ1v) is 8.18. The third-order valence-corrected chi connectivity index (χ3v) is 4.86. The lowest BCUT2D eigenvalue weighted by molar-refractivity contribution is 0.0986. The van der Waals surface area contributed by atoms with E-state index in [1.54, 1.807) is 36.7 Å². The van der Waals surface area contributed by atoms with E-state index in [9.17, 15) is 9.18 Å². The minimum Gasteiger partial charge on any atom is -0.293 e. The third-order valence-electron chi connectivity index (χ3n) is 3.33. The number of thiazole rings is 1. The summed E-state index contributed by atoms with van der Waals surface area (Å²) < 4.78 is 13.6. The summed E-state index contributed by atoms with van der Waals surface area (Å²) in [4.78, 5) is 21.0. The van der Waals surface area contributed by atoms with Crippen LogP contribution in [0.2, 0.25) is 5.15 Å². The highest BCUT2D eigenvalue weighted by Crippen LogP contribution is 2.31. The Bertz CT molecular complexity index is 836. The average Bonchev–Trinajstić information content (AvgIpc) is 2.97. The molecule has 0 radical (unpaired) electrons. The van der Waals surface area contributed by atoms with Crippen molar-refractivity contribution < 1.29 is 9.18 Å². The van der Waals surface area contributed by atoms with Crippen LogP contribution in [0.15, 0.2) is 48.8 Å². The molecule has 0 bridgehead atoms. The highest BCUT2D eigenvalue weighted by Gasteiger charge is 2.18. The number of hydrogen-bond donors (Lipinski definition) is 0. The molecule has 6 heteroatoms. The zero-order valence-corrected chi connectivity index (χ0v) is 13.6. The molecule has 0 spiro atoms.